The zero-order chi connectivity index (χ0) is 21.0. The van der Waals surface area contributed by atoms with Crippen molar-refractivity contribution in [3.05, 3.63) is 65.7 Å². The zero-order valence-corrected chi connectivity index (χ0v) is 18.1. The van der Waals surface area contributed by atoms with Gasteiger partial charge in [0, 0.05) is 32.7 Å². The van der Waals surface area contributed by atoms with Gasteiger partial charge in [0.1, 0.15) is 6.04 Å². The molecule has 1 atom stereocenters. The second-order valence-electron chi connectivity index (χ2n) is 7.66. The highest BCUT2D eigenvalue weighted by Crippen LogP contribution is 2.22. The van der Waals surface area contributed by atoms with Crippen molar-refractivity contribution in [2.45, 2.75) is 26.4 Å². The maximum Gasteiger partial charge on any atom is 0.246 e. The highest BCUT2D eigenvalue weighted by Gasteiger charge is 2.33. The van der Waals surface area contributed by atoms with Crippen LogP contribution in [0.15, 0.2) is 54.6 Å². The molecule has 0 bridgehead atoms. The molecule has 1 aliphatic rings. The molecule has 1 heterocycles. The Balaban J connectivity index is 1.66. The molecule has 0 radical (unpaired) electrons. The lowest BCUT2D eigenvalue weighted by Gasteiger charge is -2.38. The largest absolute Gasteiger partial charge is 0.338 e. The normalized spacial score (nSPS) is 16.4. The van der Waals surface area contributed by atoms with Crippen molar-refractivity contribution in [3.8, 4) is 0 Å². The molecule has 2 aromatic carbocycles. The summed E-state index contributed by atoms with van der Waals surface area (Å²) in [4.78, 5) is 17.2. The van der Waals surface area contributed by atoms with E-state index < -0.39 is 16.1 Å². The van der Waals surface area contributed by atoms with Crippen LogP contribution in [-0.2, 0) is 21.4 Å². The molecular weight excluding hydrogens is 386 g/mol. The first-order valence-electron chi connectivity index (χ1n) is 9.87. The number of sulfonamides is 1. The first kappa shape index (κ1) is 21.3. The minimum Gasteiger partial charge on any atom is -0.338 e. The number of carbonyl (C=O) groups excluding carboxylic acids is 1. The summed E-state index contributed by atoms with van der Waals surface area (Å²) >= 11 is 0. The molecule has 1 fully saturated rings. The van der Waals surface area contributed by atoms with Crippen LogP contribution in [0.25, 0.3) is 0 Å². The summed E-state index contributed by atoms with van der Waals surface area (Å²) < 4.78 is 26.1. The summed E-state index contributed by atoms with van der Waals surface area (Å²) in [6.45, 7) is 7.21. The quantitative estimate of drug-likeness (QED) is 0.727. The summed E-state index contributed by atoms with van der Waals surface area (Å²) in [6, 6.07) is 16.7. The highest BCUT2D eigenvalue weighted by atomic mass is 32.2. The Morgan fingerprint density at radius 2 is 1.59 bits per heavy atom. The van der Waals surface area contributed by atoms with Gasteiger partial charge in [-0.15, -0.1) is 0 Å². The molecule has 3 rings (SSSR count). The lowest BCUT2D eigenvalue weighted by atomic mass is 10.1. The van der Waals surface area contributed by atoms with Gasteiger partial charge in [0.2, 0.25) is 15.9 Å². The molecule has 7 heteroatoms. The maximum atomic E-state index is 13.1. The van der Waals surface area contributed by atoms with E-state index in [2.05, 4.69) is 17.0 Å². The number of piperazine rings is 1. The van der Waals surface area contributed by atoms with E-state index in [1.165, 1.54) is 9.87 Å². The van der Waals surface area contributed by atoms with Crippen LogP contribution in [0.1, 0.15) is 18.1 Å². The molecule has 2 aromatic rings. The first-order chi connectivity index (χ1) is 13.8. The van der Waals surface area contributed by atoms with Crippen LogP contribution in [0.3, 0.4) is 0 Å². The molecule has 0 spiro atoms. The number of aryl methyl sites for hydroxylation is 1. The Kier molecular flexibility index (Phi) is 6.59. The molecule has 1 aliphatic heterocycles. The van der Waals surface area contributed by atoms with Gasteiger partial charge in [-0.2, -0.15) is 0 Å². The number of carbonyl (C=O) groups is 1. The highest BCUT2D eigenvalue weighted by molar-refractivity contribution is 7.92. The molecule has 0 aromatic heterocycles. The second kappa shape index (κ2) is 8.97. The molecule has 0 saturated carbocycles. The standard InChI is InChI=1S/C22H29N3O3S/c1-18-9-11-21(12-10-18)25(29(3,27)28)19(2)22(26)24-15-13-23(14-16-24)17-20-7-5-4-6-8-20/h4-12,19H,13-17H2,1-3H3/t19-/m1/s1. The average molecular weight is 416 g/mol. The van der Waals surface area contributed by atoms with Crippen molar-refractivity contribution in [2.75, 3.05) is 36.7 Å². The van der Waals surface area contributed by atoms with E-state index in [0.717, 1.165) is 31.5 Å². The number of hydrogen-bond donors (Lipinski definition) is 0. The van der Waals surface area contributed by atoms with Gasteiger partial charge in [-0.1, -0.05) is 48.0 Å². The van der Waals surface area contributed by atoms with E-state index in [4.69, 9.17) is 0 Å². The SMILES string of the molecule is Cc1ccc(N([C@H](C)C(=O)N2CCN(Cc3ccccc3)CC2)S(C)(=O)=O)cc1. The Labute approximate surface area is 173 Å². The molecule has 6 nitrogen and oxygen atoms in total. The van der Waals surface area contributed by atoms with E-state index in [1.54, 1.807) is 24.0 Å². The smallest absolute Gasteiger partial charge is 0.246 e. The predicted molar refractivity (Wildman–Crippen MR) is 116 cm³/mol. The van der Waals surface area contributed by atoms with E-state index in [9.17, 15) is 13.2 Å². The Morgan fingerprint density at radius 1 is 1.00 bits per heavy atom. The summed E-state index contributed by atoms with van der Waals surface area (Å²) in [7, 11) is -3.59. The van der Waals surface area contributed by atoms with Gasteiger partial charge in [-0.3, -0.25) is 14.0 Å². The third-order valence-corrected chi connectivity index (χ3v) is 6.53. The molecule has 1 saturated heterocycles. The lowest BCUT2D eigenvalue weighted by Crippen LogP contribution is -2.55. The van der Waals surface area contributed by atoms with Crippen LogP contribution in [0, 0.1) is 6.92 Å². The molecule has 0 aliphatic carbocycles. The van der Waals surface area contributed by atoms with Crippen LogP contribution in [0.5, 0.6) is 0 Å². The monoisotopic (exact) mass is 415 g/mol. The number of benzene rings is 2. The molecule has 156 valence electrons. The second-order valence-corrected chi connectivity index (χ2v) is 9.52. The van der Waals surface area contributed by atoms with E-state index in [1.807, 2.05) is 37.3 Å². The van der Waals surface area contributed by atoms with Gasteiger partial charge in [0.25, 0.3) is 0 Å². The summed E-state index contributed by atoms with van der Waals surface area (Å²) in [5, 5.41) is 0. The molecular formula is C22H29N3O3S. The van der Waals surface area contributed by atoms with Crippen molar-refractivity contribution in [2.24, 2.45) is 0 Å². The number of nitrogens with zero attached hydrogens (tertiary/aromatic N) is 3. The van der Waals surface area contributed by atoms with Crippen LogP contribution < -0.4 is 4.31 Å². The van der Waals surface area contributed by atoms with E-state index >= 15 is 0 Å². The average Bonchev–Trinajstić information content (AvgIpc) is 2.69. The fourth-order valence-corrected chi connectivity index (χ4v) is 4.90. The molecule has 0 unspecified atom stereocenters. The third-order valence-electron chi connectivity index (χ3n) is 5.29. The lowest BCUT2D eigenvalue weighted by molar-refractivity contribution is -0.133. The number of anilines is 1. The van der Waals surface area contributed by atoms with Crippen LogP contribution >= 0.6 is 0 Å². The Bertz CT molecular complexity index is 922. The van der Waals surface area contributed by atoms with Crippen LogP contribution in [-0.4, -0.2) is 62.6 Å². The van der Waals surface area contributed by atoms with Gasteiger partial charge in [0.15, 0.2) is 0 Å². The van der Waals surface area contributed by atoms with Gasteiger partial charge in [-0.05, 0) is 31.5 Å². The van der Waals surface area contributed by atoms with E-state index in [-0.39, 0.29) is 5.91 Å². The van der Waals surface area contributed by atoms with Crippen LogP contribution in [0.2, 0.25) is 0 Å². The predicted octanol–water partition coefficient (Wildman–Crippen LogP) is 2.49. The van der Waals surface area contributed by atoms with Crippen molar-refractivity contribution < 1.29 is 13.2 Å². The Morgan fingerprint density at radius 3 is 2.14 bits per heavy atom. The number of amides is 1. The summed E-state index contributed by atoms with van der Waals surface area (Å²) in [5.74, 6) is -0.157. The Hall–Kier alpha value is -2.38. The zero-order valence-electron chi connectivity index (χ0n) is 17.3. The molecule has 1 amide bonds. The van der Waals surface area contributed by atoms with Gasteiger partial charge in [0.05, 0.1) is 11.9 Å². The number of rotatable bonds is 6. The van der Waals surface area contributed by atoms with Crippen molar-refractivity contribution in [1.82, 2.24) is 9.80 Å². The molecule has 0 N–H and O–H groups in total. The minimum absolute atomic E-state index is 0.157. The van der Waals surface area contributed by atoms with Crippen molar-refractivity contribution in [1.29, 1.82) is 0 Å². The first-order valence-corrected chi connectivity index (χ1v) is 11.7. The van der Waals surface area contributed by atoms with Crippen LogP contribution in [0.4, 0.5) is 5.69 Å². The van der Waals surface area contributed by atoms with E-state index in [0.29, 0.717) is 18.8 Å². The van der Waals surface area contributed by atoms with Crippen molar-refractivity contribution in [3.63, 3.8) is 0 Å². The third kappa shape index (κ3) is 5.36. The summed E-state index contributed by atoms with van der Waals surface area (Å²) in [6.07, 6.45) is 1.15. The van der Waals surface area contributed by atoms with Gasteiger partial charge >= 0.3 is 0 Å². The topological polar surface area (TPSA) is 60.9 Å². The fraction of sp³-hybridized carbons (Fsp3) is 0.409. The van der Waals surface area contributed by atoms with Gasteiger partial charge in [-0.25, -0.2) is 8.42 Å². The summed E-state index contributed by atoms with van der Waals surface area (Å²) in [5.41, 5.74) is 2.81. The minimum atomic E-state index is -3.59. The fourth-order valence-electron chi connectivity index (χ4n) is 3.73. The van der Waals surface area contributed by atoms with Gasteiger partial charge < -0.3 is 4.90 Å². The molecule has 29 heavy (non-hydrogen) atoms. The number of hydrogen-bond acceptors (Lipinski definition) is 4. The van der Waals surface area contributed by atoms with Crippen molar-refractivity contribution >= 4 is 21.6 Å². The maximum absolute atomic E-state index is 13.1.